The maximum absolute atomic E-state index is 14.6. The lowest BCUT2D eigenvalue weighted by molar-refractivity contribution is 0.233. The lowest BCUT2D eigenvalue weighted by Gasteiger charge is -2.27. The van der Waals surface area contributed by atoms with Gasteiger partial charge < -0.3 is 11.1 Å². The minimum absolute atomic E-state index is 0.315. The topological polar surface area (TPSA) is 84.9 Å². The summed E-state index contributed by atoms with van der Waals surface area (Å²) in [6.07, 6.45) is 4.83. The number of hydrogen-bond donors (Lipinski definition) is 2. The van der Waals surface area contributed by atoms with Crippen LogP contribution in [0.1, 0.15) is 25.1 Å². The Morgan fingerprint density at radius 1 is 1.03 bits per heavy atom. The summed E-state index contributed by atoms with van der Waals surface area (Å²) in [4.78, 5) is 16.4. The molecule has 7 nitrogen and oxygen atoms in total. The molecule has 1 aliphatic heterocycles. The van der Waals surface area contributed by atoms with Crippen molar-refractivity contribution < 1.29 is 4.39 Å². The van der Waals surface area contributed by atoms with Crippen molar-refractivity contribution in [3.8, 4) is 17.1 Å². The Balaban J connectivity index is 1.63. The summed E-state index contributed by atoms with van der Waals surface area (Å²) in [5.74, 6) is 0.715. The van der Waals surface area contributed by atoms with Gasteiger partial charge in [-0.25, -0.2) is 19.3 Å². The normalized spacial score (nSPS) is 15.5. The van der Waals surface area contributed by atoms with E-state index in [9.17, 15) is 4.39 Å². The van der Waals surface area contributed by atoms with Crippen molar-refractivity contribution in [2.45, 2.75) is 20.4 Å². The van der Waals surface area contributed by atoms with Crippen LogP contribution in [0.4, 0.5) is 10.2 Å². The molecule has 0 bridgehead atoms. The lowest BCUT2D eigenvalue weighted by Crippen LogP contribution is -2.42. The van der Waals surface area contributed by atoms with Crippen molar-refractivity contribution >= 4 is 22.6 Å². The standard InChI is InChI=1S/C28H30FN7/c1-3-21(23(29)4-2)24-11-12-25-28(33-24)36(27(34-25)22-6-5-13-32-26(22)30)20-9-7-19(8-10-20)18-35-16-14-31-15-17-35/h3-13,31H,14-18H2,1-2H3,(H2,30,32)/b21-3+,23-4+. The number of halogens is 1. The number of rotatable bonds is 6. The van der Waals surface area contributed by atoms with Crippen molar-refractivity contribution in [2.75, 3.05) is 31.9 Å². The zero-order chi connectivity index (χ0) is 25.1. The van der Waals surface area contributed by atoms with Crippen LogP contribution < -0.4 is 11.1 Å². The molecule has 184 valence electrons. The van der Waals surface area contributed by atoms with Gasteiger partial charge in [0.1, 0.15) is 17.2 Å². The maximum Gasteiger partial charge on any atom is 0.165 e. The number of nitrogen functional groups attached to an aromatic ring is 1. The third-order valence-corrected chi connectivity index (χ3v) is 6.47. The first-order chi connectivity index (χ1) is 17.6. The molecule has 0 aliphatic carbocycles. The SMILES string of the molecule is C/C=C(\C(F)=C/C)c1ccc2nc(-c3cccnc3N)n(-c3ccc(CN4CCNCC4)cc3)c2n1. The molecule has 1 aliphatic rings. The highest BCUT2D eigenvalue weighted by molar-refractivity contribution is 5.85. The minimum atomic E-state index is -0.315. The van der Waals surface area contributed by atoms with E-state index in [2.05, 4.69) is 39.5 Å². The fourth-order valence-electron chi connectivity index (χ4n) is 4.58. The Hall–Kier alpha value is -3.88. The third kappa shape index (κ3) is 4.65. The van der Waals surface area contributed by atoms with E-state index in [1.54, 1.807) is 32.2 Å². The van der Waals surface area contributed by atoms with E-state index >= 15 is 0 Å². The molecule has 1 aromatic carbocycles. The molecule has 1 saturated heterocycles. The van der Waals surface area contributed by atoms with Gasteiger partial charge in [-0.1, -0.05) is 24.3 Å². The van der Waals surface area contributed by atoms with Crippen molar-refractivity contribution in [3.05, 3.63) is 84.0 Å². The highest BCUT2D eigenvalue weighted by Crippen LogP contribution is 2.32. The van der Waals surface area contributed by atoms with Gasteiger partial charge in [0.05, 0.1) is 11.3 Å². The molecule has 4 heterocycles. The van der Waals surface area contributed by atoms with Crippen LogP contribution in [0.5, 0.6) is 0 Å². The Bertz CT molecular complexity index is 1430. The number of benzene rings is 1. The molecule has 0 saturated carbocycles. The number of aromatic nitrogens is 4. The summed E-state index contributed by atoms with van der Waals surface area (Å²) >= 11 is 0. The Morgan fingerprint density at radius 2 is 1.81 bits per heavy atom. The minimum Gasteiger partial charge on any atom is -0.383 e. The predicted molar refractivity (Wildman–Crippen MR) is 143 cm³/mol. The smallest absolute Gasteiger partial charge is 0.165 e. The van der Waals surface area contributed by atoms with E-state index < -0.39 is 0 Å². The molecule has 0 atom stereocenters. The fourth-order valence-corrected chi connectivity index (χ4v) is 4.58. The van der Waals surface area contributed by atoms with Crippen molar-refractivity contribution in [2.24, 2.45) is 0 Å². The van der Waals surface area contributed by atoms with Crippen LogP contribution in [-0.4, -0.2) is 50.6 Å². The zero-order valence-corrected chi connectivity index (χ0v) is 20.6. The number of nitrogens with two attached hydrogens (primary N) is 1. The molecule has 36 heavy (non-hydrogen) atoms. The van der Waals surface area contributed by atoms with Crippen LogP contribution >= 0.6 is 0 Å². The molecule has 1 fully saturated rings. The maximum atomic E-state index is 14.6. The molecule has 3 N–H and O–H groups in total. The number of allylic oxidation sites excluding steroid dienone is 4. The van der Waals surface area contributed by atoms with E-state index in [-0.39, 0.29) is 5.83 Å². The highest BCUT2D eigenvalue weighted by atomic mass is 19.1. The zero-order valence-electron chi connectivity index (χ0n) is 20.6. The van der Waals surface area contributed by atoms with Gasteiger partial charge in [-0.15, -0.1) is 0 Å². The summed E-state index contributed by atoms with van der Waals surface area (Å²) in [5, 5.41) is 3.39. The van der Waals surface area contributed by atoms with Crippen LogP contribution in [-0.2, 0) is 6.54 Å². The van der Waals surface area contributed by atoms with E-state index in [1.165, 1.54) is 11.6 Å². The highest BCUT2D eigenvalue weighted by Gasteiger charge is 2.20. The van der Waals surface area contributed by atoms with Crippen molar-refractivity contribution in [1.82, 2.24) is 29.7 Å². The summed E-state index contributed by atoms with van der Waals surface area (Å²) in [6, 6.07) is 15.8. The number of fused-ring (bicyclic) bond motifs is 1. The second-order valence-electron chi connectivity index (χ2n) is 8.78. The molecule has 0 amide bonds. The second-order valence-corrected chi connectivity index (χ2v) is 8.78. The van der Waals surface area contributed by atoms with Gasteiger partial charge in [-0.3, -0.25) is 9.47 Å². The van der Waals surface area contributed by atoms with E-state index in [4.69, 9.17) is 15.7 Å². The van der Waals surface area contributed by atoms with Gasteiger partial charge in [0.2, 0.25) is 0 Å². The third-order valence-electron chi connectivity index (χ3n) is 6.47. The summed E-state index contributed by atoms with van der Waals surface area (Å²) in [6.45, 7) is 8.51. The van der Waals surface area contributed by atoms with Crippen LogP contribution in [0.3, 0.4) is 0 Å². The van der Waals surface area contributed by atoms with E-state index in [0.29, 0.717) is 39.6 Å². The summed E-state index contributed by atoms with van der Waals surface area (Å²) < 4.78 is 16.5. The first kappa shape index (κ1) is 23.8. The quantitative estimate of drug-likeness (QED) is 0.385. The number of imidazole rings is 1. The monoisotopic (exact) mass is 483 g/mol. The molecule has 8 heteroatoms. The number of hydrogen-bond acceptors (Lipinski definition) is 6. The van der Waals surface area contributed by atoms with Crippen molar-refractivity contribution in [3.63, 3.8) is 0 Å². The molecule has 4 aromatic rings. The van der Waals surface area contributed by atoms with Crippen LogP contribution in [0, 0.1) is 0 Å². The van der Waals surface area contributed by atoms with Gasteiger partial charge in [0, 0.05) is 50.2 Å². The largest absolute Gasteiger partial charge is 0.383 e. The van der Waals surface area contributed by atoms with E-state index in [1.807, 2.05) is 22.8 Å². The van der Waals surface area contributed by atoms with Crippen LogP contribution in [0.15, 0.2) is 72.7 Å². The van der Waals surface area contributed by atoms with Crippen molar-refractivity contribution in [1.29, 1.82) is 0 Å². The fraction of sp³-hybridized carbons (Fsp3) is 0.250. The first-order valence-corrected chi connectivity index (χ1v) is 12.2. The number of piperazine rings is 1. The van der Waals surface area contributed by atoms with Gasteiger partial charge in [0.25, 0.3) is 0 Å². The molecular weight excluding hydrogens is 453 g/mol. The first-order valence-electron chi connectivity index (χ1n) is 12.2. The van der Waals surface area contributed by atoms with Crippen LogP contribution in [0.2, 0.25) is 0 Å². The second kappa shape index (κ2) is 10.4. The number of anilines is 1. The van der Waals surface area contributed by atoms with Crippen LogP contribution in [0.25, 0.3) is 33.8 Å². The molecular formula is C28H30FN7. The number of nitrogens with one attached hydrogen (secondary N) is 1. The molecule has 0 unspecified atom stereocenters. The summed E-state index contributed by atoms with van der Waals surface area (Å²) in [7, 11) is 0. The lowest BCUT2D eigenvalue weighted by atomic mass is 10.1. The predicted octanol–water partition coefficient (Wildman–Crippen LogP) is 4.75. The van der Waals surface area contributed by atoms with Gasteiger partial charge in [-0.2, -0.15) is 0 Å². The Morgan fingerprint density at radius 3 is 2.50 bits per heavy atom. The summed E-state index contributed by atoms with van der Waals surface area (Å²) in [5.41, 5.74) is 11.4. The molecule has 5 rings (SSSR count). The molecule has 0 radical (unpaired) electrons. The number of pyridine rings is 2. The Kier molecular flexibility index (Phi) is 6.88. The average molecular weight is 484 g/mol. The average Bonchev–Trinajstić information content (AvgIpc) is 3.29. The number of nitrogens with zero attached hydrogens (tertiary/aromatic N) is 5. The molecule has 3 aromatic heterocycles. The van der Waals surface area contributed by atoms with Gasteiger partial charge in [-0.05, 0) is 55.8 Å². The van der Waals surface area contributed by atoms with E-state index in [0.717, 1.165) is 38.4 Å². The van der Waals surface area contributed by atoms with Gasteiger partial charge in [0.15, 0.2) is 11.5 Å². The molecule has 0 spiro atoms. The Labute approximate surface area is 210 Å². The van der Waals surface area contributed by atoms with Gasteiger partial charge >= 0.3 is 0 Å².